The second kappa shape index (κ2) is 7.51. The van der Waals surface area contributed by atoms with E-state index in [1.165, 1.54) is 30.0 Å². The molecule has 0 bridgehead atoms. The second-order valence-electron chi connectivity index (χ2n) is 4.58. The maximum Gasteiger partial charge on any atom is 0.268 e. The van der Waals surface area contributed by atoms with Crippen molar-refractivity contribution >= 4 is 50.8 Å². The van der Waals surface area contributed by atoms with Gasteiger partial charge in [-0.25, -0.2) is 30.1 Å². The van der Waals surface area contributed by atoms with E-state index >= 15 is 0 Å². The van der Waals surface area contributed by atoms with Gasteiger partial charge in [-0.1, -0.05) is 34.0 Å². The highest BCUT2D eigenvalue weighted by Gasteiger charge is 2.21. The summed E-state index contributed by atoms with van der Waals surface area (Å²) >= 11 is 7.18. The fraction of sp³-hybridized carbons (Fsp3) is 0.0833. The number of hydrogen-bond donors (Lipinski definition) is 4. The summed E-state index contributed by atoms with van der Waals surface area (Å²) in [5.41, 5.74) is 5.49. The highest BCUT2D eigenvalue weighted by atomic mass is 35.5. The Kier molecular flexibility index (Phi) is 5.82. The van der Waals surface area contributed by atoms with Crippen LogP contribution in [0.15, 0.2) is 34.3 Å². The predicted molar refractivity (Wildman–Crippen MR) is 94.5 cm³/mol. The van der Waals surface area contributed by atoms with Crippen LogP contribution < -0.4 is 22.7 Å². The summed E-state index contributed by atoms with van der Waals surface area (Å²) in [4.78, 5) is 19.5. The van der Waals surface area contributed by atoms with Gasteiger partial charge in [-0.05, 0) is 24.5 Å². The maximum absolute atomic E-state index is 12.0. The van der Waals surface area contributed by atoms with Gasteiger partial charge in [-0.3, -0.25) is 4.79 Å². The summed E-state index contributed by atoms with van der Waals surface area (Å²) in [7, 11) is -4.04. The van der Waals surface area contributed by atoms with E-state index in [2.05, 4.69) is 15.3 Å². The summed E-state index contributed by atoms with van der Waals surface area (Å²) in [5, 5.41) is 2.99. The number of hydrazine groups is 2. The Morgan fingerprint density at radius 3 is 2.56 bits per heavy atom. The van der Waals surface area contributed by atoms with Crippen LogP contribution >= 0.6 is 23.4 Å². The molecule has 13 heteroatoms. The molecule has 1 aromatic heterocycles. The molecule has 0 atom stereocenters. The average Bonchev–Trinajstić information content (AvgIpc) is 2.54. The van der Waals surface area contributed by atoms with E-state index in [-0.39, 0.29) is 26.0 Å². The predicted octanol–water partition coefficient (Wildman–Crippen LogP) is 0.432. The van der Waals surface area contributed by atoms with E-state index in [1.807, 2.05) is 0 Å². The van der Waals surface area contributed by atoms with Gasteiger partial charge >= 0.3 is 0 Å². The quantitative estimate of drug-likeness (QED) is 0.175. The molecule has 2 aromatic rings. The molecule has 25 heavy (non-hydrogen) atoms. The number of thioether (sulfide) groups is 1. The van der Waals surface area contributed by atoms with Gasteiger partial charge in [0.25, 0.3) is 15.9 Å². The number of aromatic nitrogens is 2. The Hall–Kier alpha value is -1.96. The van der Waals surface area contributed by atoms with Crippen LogP contribution in [0.25, 0.3) is 0 Å². The number of halogens is 1. The normalized spacial score (nSPS) is 11.6. The Balaban J connectivity index is 2.51. The lowest BCUT2D eigenvalue weighted by Gasteiger charge is -2.14. The zero-order chi connectivity index (χ0) is 18.8. The van der Waals surface area contributed by atoms with Gasteiger partial charge in [0.05, 0.1) is 4.90 Å². The first kappa shape index (κ1) is 19.4. The lowest BCUT2D eigenvalue weighted by atomic mass is 10.2. The van der Waals surface area contributed by atoms with Gasteiger partial charge < -0.3 is 11.1 Å². The molecular weight excluding hydrogens is 390 g/mol. The van der Waals surface area contributed by atoms with Crippen molar-refractivity contribution in [2.45, 2.75) is 10.1 Å². The van der Waals surface area contributed by atoms with Crippen molar-refractivity contribution < 1.29 is 13.2 Å². The summed E-state index contributed by atoms with van der Waals surface area (Å²) in [6, 6.07) is 5.58. The van der Waals surface area contributed by atoms with Crippen molar-refractivity contribution in [2.24, 2.45) is 17.4 Å². The number of carbonyl (C=O) groups excluding carboxylic acids is 1. The van der Waals surface area contributed by atoms with Crippen molar-refractivity contribution in [1.29, 1.82) is 0 Å². The fourth-order valence-corrected chi connectivity index (χ4v) is 3.25. The molecule has 0 saturated carbocycles. The van der Waals surface area contributed by atoms with Crippen LogP contribution in [0.1, 0.15) is 10.4 Å². The Morgan fingerprint density at radius 1 is 1.32 bits per heavy atom. The molecule has 0 aliphatic carbocycles. The topological polar surface area (TPSA) is 170 Å². The number of carbonyl (C=O) groups is 1. The first-order valence-electron chi connectivity index (χ1n) is 6.50. The van der Waals surface area contributed by atoms with Gasteiger partial charge in [0.2, 0.25) is 0 Å². The Labute approximate surface area is 152 Å². The molecule has 10 nitrogen and oxygen atoms in total. The third-order valence-electron chi connectivity index (χ3n) is 2.95. The Morgan fingerprint density at radius 2 is 2.00 bits per heavy atom. The summed E-state index contributed by atoms with van der Waals surface area (Å²) in [5.74, 6) is 9.47. The lowest BCUT2D eigenvalue weighted by Crippen LogP contribution is -2.43. The number of nitrogens with one attached hydrogen (secondary N) is 1. The largest absolute Gasteiger partial charge is 0.365 e. The molecular formula is C12H14ClN7O3S2. The first-order chi connectivity index (χ1) is 11.7. The van der Waals surface area contributed by atoms with Gasteiger partial charge in [0.15, 0.2) is 5.16 Å². The zero-order valence-corrected chi connectivity index (χ0v) is 15.2. The molecule has 134 valence electrons. The van der Waals surface area contributed by atoms with Crippen molar-refractivity contribution in [1.82, 2.24) is 14.5 Å². The van der Waals surface area contributed by atoms with E-state index < -0.39 is 15.9 Å². The monoisotopic (exact) mass is 403 g/mol. The molecule has 0 aliphatic rings. The molecule has 0 saturated heterocycles. The molecule has 1 amide bonds. The van der Waals surface area contributed by atoms with Crippen molar-refractivity contribution in [3.8, 4) is 0 Å². The number of nitrogens with two attached hydrogens (primary N) is 3. The molecule has 2 rings (SSSR count). The van der Waals surface area contributed by atoms with Gasteiger partial charge in [0, 0.05) is 5.69 Å². The molecule has 0 unspecified atom stereocenters. The minimum atomic E-state index is -4.04. The molecule has 0 aliphatic heterocycles. The highest BCUT2D eigenvalue weighted by Crippen LogP contribution is 2.27. The number of anilines is 2. The van der Waals surface area contributed by atoms with Crippen LogP contribution in [0.5, 0.6) is 0 Å². The van der Waals surface area contributed by atoms with Crippen LogP contribution in [0.2, 0.25) is 5.15 Å². The smallest absolute Gasteiger partial charge is 0.268 e. The minimum Gasteiger partial charge on any atom is -0.365 e. The molecule has 7 N–H and O–H groups in total. The number of primary amides is 1. The highest BCUT2D eigenvalue weighted by molar-refractivity contribution is 7.98. The first-order valence-corrected chi connectivity index (χ1v) is 9.54. The van der Waals surface area contributed by atoms with E-state index in [9.17, 15) is 13.2 Å². The van der Waals surface area contributed by atoms with Gasteiger partial charge in [-0.2, -0.15) is 0 Å². The van der Waals surface area contributed by atoms with Crippen LogP contribution in [0.4, 0.5) is 11.5 Å². The van der Waals surface area contributed by atoms with E-state index in [1.54, 1.807) is 12.3 Å². The minimum absolute atomic E-state index is 0.0451. The summed E-state index contributed by atoms with van der Waals surface area (Å²) in [6.07, 6.45) is 1.73. The molecule has 0 radical (unpaired) electrons. The van der Waals surface area contributed by atoms with E-state index in [4.69, 9.17) is 29.0 Å². The van der Waals surface area contributed by atoms with E-state index in [0.29, 0.717) is 10.8 Å². The third kappa shape index (κ3) is 4.18. The molecule has 1 heterocycles. The third-order valence-corrected chi connectivity index (χ3v) is 5.17. The van der Waals surface area contributed by atoms with Crippen LogP contribution in [-0.4, -0.2) is 35.1 Å². The number of hydrogen-bond acceptors (Lipinski definition) is 9. The SMILES string of the molecule is CSc1nc(Cl)c(C(N)=O)c(Nc2cccc(S(=O)(=O)N(N)N)c2)n1. The van der Waals surface area contributed by atoms with Crippen LogP contribution in [0.3, 0.4) is 0 Å². The van der Waals surface area contributed by atoms with Gasteiger partial charge in [-0.15, -0.1) is 0 Å². The van der Waals surface area contributed by atoms with Crippen molar-refractivity contribution in [3.63, 3.8) is 0 Å². The number of amides is 1. The number of benzene rings is 1. The van der Waals surface area contributed by atoms with Crippen LogP contribution in [-0.2, 0) is 10.0 Å². The number of rotatable bonds is 6. The van der Waals surface area contributed by atoms with Crippen LogP contribution in [0, 0.1) is 0 Å². The summed E-state index contributed by atoms with van der Waals surface area (Å²) in [6.45, 7) is 0. The fourth-order valence-electron chi connectivity index (χ4n) is 1.81. The zero-order valence-electron chi connectivity index (χ0n) is 12.8. The number of sulfonamides is 1. The van der Waals surface area contributed by atoms with Gasteiger partial charge in [0.1, 0.15) is 16.5 Å². The maximum atomic E-state index is 12.0. The standard InChI is InChI=1S/C12H14ClN7O3S2/c1-24-12-18-9(13)8(10(14)21)11(19-12)17-6-3-2-4-7(5-6)25(22,23)20(15)16/h2-5H,15-16H2,1H3,(H2,14,21)(H,17,18,19). The second-order valence-corrected chi connectivity index (χ2v) is 7.55. The van der Waals surface area contributed by atoms with E-state index in [0.717, 1.165) is 0 Å². The lowest BCUT2D eigenvalue weighted by molar-refractivity contribution is 0.100. The number of nitrogens with zero attached hydrogens (tertiary/aromatic N) is 3. The molecule has 1 aromatic carbocycles. The molecule has 0 fully saturated rings. The molecule has 0 spiro atoms. The average molecular weight is 404 g/mol. The Bertz CT molecular complexity index is 921. The van der Waals surface area contributed by atoms with Crippen molar-refractivity contribution in [3.05, 3.63) is 35.0 Å². The summed E-state index contributed by atoms with van der Waals surface area (Å²) < 4.78 is 24.1. The van der Waals surface area contributed by atoms with Crippen molar-refractivity contribution in [2.75, 3.05) is 11.6 Å².